The van der Waals surface area contributed by atoms with E-state index in [0.717, 1.165) is 10.5 Å². The van der Waals surface area contributed by atoms with Crippen LogP contribution in [0, 0.1) is 5.92 Å². The predicted molar refractivity (Wildman–Crippen MR) is 104 cm³/mol. The molecule has 2 heterocycles. The molecule has 0 saturated carbocycles. The lowest BCUT2D eigenvalue weighted by Crippen LogP contribution is -2.36. The van der Waals surface area contributed by atoms with E-state index in [0.29, 0.717) is 18.0 Å². The maximum absolute atomic E-state index is 12.9. The molecule has 0 spiro atoms. The first-order valence-electron chi connectivity index (χ1n) is 9.25. The largest absolute Gasteiger partial charge is 0.489 e. The van der Waals surface area contributed by atoms with E-state index >= 15 is 0 Å². The molecular formula is C21H19N3O5. The Kier molecular flexibility index (Phi) is 4.99. The Morgan fingerprint density at radius 3 is 2.48 bits per heavy atom. The maximum Gasteiger partial charge on any atom is 0.355 e. The van der Waals surface area contributed by atoms with Crippen LogP contribution in [0.2, 0.25) is 0 Å². The second-order valence-corrected chi connectivity index (χ2v) is 6.58. The fourth-order valence-corrected chi connectivity index (χ4v) is 3.35. The van der Waals surface area contributed by atoms with E-state index in [9.17, 15) is 14.4 Å². The molecule has 148 valence electrons. The molecule has 1 saturated heterocycles. The van der Waals surface area contributed by atoms with Gasteiger partial charge in [0, 0.05) is 0 Å². The van der Waals surface area contributed by atoms with Gasteiger partial charge in [0.05, 0.1) is 12.3 Å². The fraction of sp³-hybridized carbons (Fsp3) is 0.238. The minimum atomic E-state index is -0.976. The highest BCUT2D eigenvalue weighted by atomic mass is 16.5. The molecule has 0 radical (unpaired) electrons. The fourth-order valence-electron chi connectivity index (χ4n) is 3.35. The van der Waals surface area contributed by atoms with E-state index in [1.165, 1.54) is 0 Å². The van der Waals surface area contributed by atoms with Crippen LogP contribution in [-0.2, 0) is 25.7 Å². The normalized spacial score (nSPS) is 20.2. The van der Waals surface area contributed by atoms with Crippen LogP contribution in [0.4, 0.5) is 5.69 Å². The summed E-state index contributed by atoms with van der Waals surface area (Å²) in [7, 11) is 0. The van der Waals surface area contributed by atoms with Crippen molar-refractivity contribution >= 4 is 29.2 Å². The van der Waals surface area contributed by atoms with Crippen molar-refractivity contribution in [2.24, 2.45) is 11.0 Å². The first-order chi connectivity index (χ1) is 14.1. The van der Waals surface area contributed by atoms with E-state index in [4.69, 9.17) is 9.47 Å². The number of hydrogen-bond donors (Lipinski definition) is 1. The van der Waals surface area contributed by atoms with E-state index in [1.807, 2.05) is 30.3 Å². The smallest absolute Gasteiger partial charge is 0.355 e. The standard InChI is InChI=1S/C21H19N3O5/c1-2-28-21(27)18-16-17(22-23-18)20(26)24(19(16)25)14-8-10-15(11-9-14)29-12-13-6-4-3-5-7-13/h3-11,16-17,22H,2,12H2,1H3. The Morgan fingerprint density at radius 1 is 1.07 bits per heavy atom. The summed E-state index contributed by atoms with van der Waals surface area (Å²) in [6.07, 6.45) is 0. The number of fused-ring (bicyclic) bond motifs is 1. The van der Waals surface area contributed by atoms with Gasteiger partial charge >= 0.3 is 5.97 Å². The van der Waals surface area contributed by atoms with Gasteiger partial charge in [-0.15, -0.1) is 0 Å². The maximum atomic E-state index is 12.9. The first kappa shape index (κ1) is 18.7. The summed E-state index contributed by atoms with van der Waals surface area (Å²) in [6.45, 7) is 2.23. The quantitative estimate of drug-likeness (QED) is 0.592. The van der Waals surface area contributed by atoms with Crippen molar-refractivity contribution in [1.82, 2.24) is 5.43 Å². The Hall–Kier alpha value is -3.68. The zero-order valence-electron chi connectivity index (χ0n) is 15.7. The van der Waals surface area contributed by atoms with Crippen molar-refractivity contribution < 1.29 is 23.9 Å². The lowest BCUT2D eigenvalue weighted by molar-refractivity contribution is -0.136. The molecule has 0 aromatic heterocycles. The van der Waals surface area contributed by atoms with E-state index < -0.39 is 29.7 Å². The van der Waals surface area contributed by atoms with Crippen molar-refractivity contribution in [2.75, 3.05) is 11.5 Å². The van der Waals surface area contributed by atoms with Crippen LogP contribution in [0.15, 0.2) is 59.7 Å². The average molecular weight is 393 g/mol. The molecule has 0 aliphatic carbocycles. The number of hydrazone groups is 1. The highest BCUT2D eigenvalue weighted by Crippen LogP contribution is 2.31. The Labute approximate surface area is 167 Å². The van der Waals surface area contributed by atoms with E-state index in [-0.39, 0.29) is 12.3 Å². The molecule has 2 atom stereocenters. The van der Waals surface area contributed by atoms with Gasteiger partial charge in [0.25, 0.3) is 5.91 Å². The number of rotatable bonds is 6. The summed E-state index contributed by atoms with van der Waals surface area (Å²) in [5.74, 6) is -2.02. The number of nitrogens with one attached hydrogen (secondary N) is 1. The van der Waals surface area contributed by atoms with Crippen molar-refractivity contribution in [3.8, 4) is 5.75 Å². The summed E-state index contributed by atoms with van der Waals surface area (Å²) in [4.78, 5) is 38.7. The van der Waals surface area contributed by atoms with Crippen LogP contribution >= 0.6 is 0 Å². The number of imide groups is 1. The lowest BCUT2D eigenvalue weighted by atomic mass is 9.99. The highest BCUT2D eigenvalue weighted by Gasteiger charge is 2.55. The molecule has 2 aliphatic heterocycles. The van der Waals surface area contributed by atoms with Crippen molar-refractivity contribution in [3.63, 3.8) is 0 Å². The lowest BCUT2D eigenvalue weighted by Gasteiger charge is -2.16. The van der Waals surface area contributed by atoms with Crippen LogP contribution in [0.3, 0.4) is 0 Å². The molecule has 2 aromatic rings. The third kappa shape index (κ3) is 3.44. The van der Waals surface area contributed by atoms with Gasteiger partial charge in [-0.2, -0.15) is 5.10 Å². The van der Waals surface area contributed by atoms with Crippen LogP contribution in [0.5, 0.6) is 5.75 Å². The number of esters is 1. The molecule has 8 nitrogen and oxygen atoms in total. The number of hydrogen-bond acceptors (Lipinski definition) is 7. The predicted octanol–water partition coefficient (Wildman–Crippen LogP) is 1.65. The molecular weight excluding hydrogens is 374 g/mol. The highest BCUT2D eigenvalue weighted by molar-refractivity contribution is 6.46. The Bertz CT molecular complexity index is 972. The molecule has 2 aliphatic rings. The number of ether oxygens (including phenoxy) is 2. The first-order valence-corrected chi connectivity index (χ1v) is 9.25. The molecule has 1 fully saturated rings. The summed E-state index contributed by atoms with van der Waals surface area (Å²) < 4.78 is 10.7. The molecule has 4 rings (SSSR count). The van der Waals surface area contributed by atoms with Gasteiger partial charge in [-0.1, -0.05) is 30.3 Å². The Balaban J connectivity index is 1.47. The molecule has 2 amide bonds. The Morgan fingerprint density at radius 2 is 1.79 bits per heavy atom. The van der Waals surface area contributed by atoms with Crippen LogP contribution in [0.25, 0.3) is 0 Å². The third-order valence-electron chi connectivity index (χ3n) is 4.75. The zero-order chi connectivity index (χ0) is 20.4. The number of carbonyl (C=O) groups excluding carboxylic acids is 3. The number of amides is 2. The SMILES string of the molecule is CCOC(=O)C1=NNC2C(=O)N(c3ccc(OCc4ccccc4)cc3)C(=O)C12. The zero-order valence-corrected chi connectivity index (χ0v) is 15.7. The molecule has 1 N–H and O–H groups in total. The minimum Gasteiger partial charge on any atom is -0.489 e. The topological polar surface area (TPSA) is 97.3 Å². The molecule has 0 bridgehead atoms. The number of anilines is 1. The third-order valence-corrected chi connectivity index (χ3v) is 4.75. The van der Waals surface area contributed by atoms with Crippen LogP contribution in [0.1, 0.15) is 12.5 Å². The van der Waals surface area contributed by atoms with Crippen molar-refractivity contribution in [3.05, 3.63) is 60.2 Å². The molecule has 29 heavy (non-hydrogen) atoms. The van der Waals surface area contributed by atoms with E-state index in [1.54, 1.807) is 31.2 Å². The summed E-state index contributed by atoms with van der Waals surface area (Å²) >= 11 is 0. The average Bonchev–Trinajstić information content (AvgIpc) is 3.28. The summed E-state index contributed by atoms with van der Waals surface area (Å²) in [5.41, 5.74) is 3.96. The van der Waals surface area contributed by atoms with Gasteiger partial charge in [0.15, 0.2) is 5.71 Å². The van der Waals surface area contributed by atoms with Crippen LogP contribution < -0.4 is 15.1 Å². The minimum absolute atomic E-state index is 0.0690. The van der Waals surface area contributed by atoms with Gasteiger partial charge in [-0.05, 0) is 36.8 Å². The van der Waals surface area contributed by atoms with Gasteiger partial charge in [-0.25, -0.2) is 9.69 Å². The molecule has 8 heteroatoms. The monoisotopic (exact) mass is 393 g/mol. The van der Waals surface area contributed by atoms with E-state index in [2.05, 4.69) is 10.5 Å². The van der Waals surface area contributed by atoms with Gasteiger partial charge in [0.2, 0.25) is 5.91 Å². The molecule has 2 aromatic carbocycles. The summed E-state index contributed by atoms with van der Waals surface area (Å²) in [5, 5.41) is 3.84. The number of benzene rings is 2. The van der Waals surface area contributed by atoms with Crippen molar-refractivity contribution in [2.45, 2.75) is 19.6 Å². The summed E-state index contributed by atoms with van der Waals surface area (Å²) in [6, 6.07) is 15.5. The van der Waals surface area contributed by atoms with Gasteiger partial charge in [-0.3, -0.25) is 15.0 Å². The molecule has 2 unspecified atom stereocenters. The van der Waals surface area contributed by atoms with Gasteiger partial charge < -0.3 is 9.47 Å². The van der Waals surface area contributed by atoms with Crippen molar-refractivity contribution in [1.29, 1.82) is 0 Å². The second kappa shape index (κ2) is 7.75. The second-order valence-electron chi connectivity index (χ2n) is 6.58. The van der Waals surface area contributed by atoms with Crippen LogP contribution in [-0.4, -0.2) is 36.1 Å². The van der Waals surface area contributed by atoms with Gasteiger partial charge in [0.1, 0.15) is 24.3 Å². The number of nitrogens with zero attached hydrogens (tertiary/aromatic N) is 2. The number of carbonyl (C=O) groups is 3.